The molecule has 3 rings (SSSR count). The van der Waals surface area contributed by atoms with Gasteiger partial charge in [0.25, 0.3) is 0 Å². The highest BCUT2D eigenvalue weighted by atomic mass is 32.2. The first-order valence-electron chi connectivity index (χ1n) is 9.14. The standard InChI is InChI=1S/C19H21F3N4O3S/c1-13-5-6-16(12-17(13)30(28,29)26-9-7-23-8-10-26)25-18(27)24-15-4-2-3-14(11-15)19(20,21)22/h2-6,11-12,23H,7-10H2,1H3,(H2,24,25,27). The molecule has 0 saturated carbocycles. The predicted molar refractivity (Wildman–Crippen MR) is 107 cm³/mol. The van der Waals surface area contributed by atoms with Gasteiger partial charge in [0, 0.05) is 37.6 Å². The highest BCUT2D eigenvalue weighted by molar-refractivity contribution is 7.89. The molecule has 1 heterocycles. The Morgan fingerprint density at radius 2 is 1.67 bits per heavy atom. The van der Waals surface area contributed by atoms with Crippen LogP contribution in [0.4, 0.5) is 29.3 Å². The molecule has 11 heteroatoms. The molecule has 1 aliphatic rings. The molecule has 0 atom stereocenters. The first kappa shape index (κ1) is 22.1. The Morgan fingerprint density at radius 3 is 2.30 bits per heavy atom. The van der Waals surface area contributed by atoms with Crippen LogP contribution in [0, 0.1) is 6.92 Å². The number of nitrogens with zero attached hydrogens (tertiary/aromatic N) is 1. The quantitative estimate of drug-likeness (QED) is 0.678. The van der Waals surface area contributed by atoms with Crippen molar-refractivity contribution in [1.29, 1.82) is 0 Å². The van der Waals surface area contributed by atoms with Crippen LogP contribution < -0.4 is 16.0 Å². The number of rotatable bonds is 4. The number of amides is 2. The van der Waals surface area contributed by atoms with Gasteiger partial charge in [-0.1, -0.05) is 12.1 Å². The van der Waals surface area contributed by atoms with Crippen molar-refractivity contribution < 1.29 is 26.4 Å². The normalized spacial score (nSPS) is 15.6. The molecular weight excluding hydrogens is 421 g/mol. The van der Waals surface area contributed by atoms with Gasteiger partial charge >= 0.3 is 12.2 Å². The molecule has 0 aromatic heterocycles. The smallest absolute Gasteiger partial charge is 0.314 e. The second-order valence-corrected chi connectivity index (χ2v) is 8.70. The Balaban J connectivity index is 1.76. The lowest BCUT2D eigenvalue weighted by atomic mass is 10.2. The summed E-state index contributed by atoms with van der Waals surface area (Å²) in [6.45, 7) is 3.44. The van der Waals surface area contributed by atoms with Crippen LogP contribution >= 0.6 is 0 Å². The van der Waals surface area contributed by atoms with Gasteiger partial charge in [0.05, 0.1) is 10.5 Å². The number of urea groups is 1. The van der Waals surface area contributed by atoms with E-state index in [0.717, 1.165) is 12.1 Å². The van der Waals surface area contributed by atoms with Crippen LogP contribution in [0.15, 0.2) is 47.4 Å². The second kappa shape index (κ2) is 8.62. The van der Waals surface area contributed by atoms with Gasteiger partial charge in [-0.2, -0.15) is 17.5 Å². The van der Waals surface area contributed by atoms with Crippen molar-refractivity contribution in [1.82, 2.24) is 9.62 Å². The summed E-state index contributed by atoms with van der Waals surface area (Å²) in [4.78, 5) is 12.3. The third kappa shape index (κ3) is 5.10. The lowest BCUT2D eigenvalue weighted by Crippen LogP contribution is -2.46. The number of carbonyl (C=O) groups excluding carboxylic acids is 1. The van der Waals surface area contributed by atoms with E-state index in [1.165, 1.54) is 28.6 Å². The zero-order valence-corrected chi connectivity index (χ0v) is 16.9. The van der Waals surface area contributed by atoms with Crippen molar-refractivity contribution in [3.8, 4) is 0 Å². The van der Waals surface area contributed by atoms with Gasteiger partial charge in [-0.15, -0.1) is 0 Å². The van der Waals surface area contributed by atoms with Gasteiger partial charge in [0.2, 0.25) is 10.0 Å². The monoisotopic (exact) mass is 442 g/mol. The van der Waals surface area contributed by atoms with Crippen LogP contribution in [-0.2, 0) is 16.2 Å². The fraction of sp³-hybridized carbons (Fsp3) is 0.316. The Hall–Kier alpha value is -2.63. The lowest BCUT2D eigenvalue weighted by Gasteiger charge is -2.27. The Morgan fingerprint density at radius 1 is 1.03 bits per heavy atom. The van der Waals surface area contributed by atoms with E-state index in [4.69, 9.17) is 0 Å². The molecule has 2 amide bonds. The fourth-order valence-electron chi connectivity index (χ4n) is 3.05. The second-order valence-electron chi connectivity index (χ2n) is 6.79. The van der Waals surface area contributed by atoms with Crippen molar-refractivity contribution in [3.05, 3.63) is 53.6 Å². The van der Waals surface area contributed by atoms with Crippen molar-refractivity contribution in [2.45, 2.75) is 18.0 Å². The Kier molecular flexibility index (Phi) is 6.34. The molecule has 3 N–H and O–H groups in total. The van der Waals surface area contributed by atoms with Gasteiger partial charge in [-0.05, 0) is 42.8 Å². The lowest BCUT2D eigenvalue weighted by molar-refractivity contribution is -0.137. The van der Waals surface area contributed by atoms with E-state index >= 15 is 0 Å². The van der Waals surface area contributed by atoms with E-state index in [0.29, 0.717) is 31.7 Å². The number of hydrogen-bond acceptors (Lipinski definition) is 4. The number of nitrogens with one attached hydrogen (secondary N) is 3. The van der Waals surface area contributed by atoms with Crippen LogP contribution in [0.3, 0.4) is 0 Å². The molecule has 2 aromatic carbocycles. The maximum absolute atomic E-state index is 12.9. The zero-order chi connectivity index (χ0) is 21.9. The number of alkyl halides is 3. The molecule has 0 spiro atoms. The largest absolute Gasteiger partial charge is 0.416 e. The van der Waals surface area contributed by atoms with E-state index < -0.39 is 27.8 Å². The topological polar surface area (TPSA) is 90.5 Å². The first-order valence-corrected chi connectivity index (χ1v) is 10.6. The summed E-state index contributed by atoms with van der Waals surface area (Å²) < 4.78 is 65.7. The van der Waals surface area contributed by atoms with Crippen molar-refractivity contribution in [3.63, 3.8) is 0 Å². The Bertz CT molecular complexity index is 1040. The summed E-state index contributed by atoms with van der Waals surface area (Å²) >= 11 is 0. The first-order chi connectivity index (χ1) is 14.1. The SMILES string of the molecule is Cc1ccc(NC(=O)Nc2cccc(C(F)(F)F)c2)cc1S(=O)(=O)N1CCNCC1. The summed E-state index contributed by atoms with van der Waals surface area (Å²) in [6.07, 6.45) is -4.53. The van der Waals surface area contributed by atoms with Crippen LogP contribution in [0.25, 0.3) is 0 Å². The number of piperazine rings is 1. The molecule has 162 valence electrons. The van der Waals surface area contributed by atoms with E-state index in [1.54, 1.807) is 13.0 Å². The number of aryl methyl sites for hydroxylation is 1. The minimum atomic E-state index is -4.53. The number of carbonyl (C=O) groups is 1. The summed E-state index contributed by atoms with van der Waals surface area (Å²) in [7, 11) is -3.74. The summed E-state index contributed by atoms with van der Waals surface area (Å²) in [5.41, 5.74) is -0.195. The molecular formula is C19H21F3N4O3S. The van der Waals surface area contributed by atoms with E-state index in [1.807, 2.05) is 0 Å². The maximum Gasteiger partial charge on any atom is 0.416 e. The highest BCUT2D eigenvalue weighted by Gasteiger charge is 2.30. The molecule has 1 fully saturated rings. The summed E-state index contributed by atoms with van der Waals surface area (Å²) in [6, 6.07) is 7.87. The van der Waals surface area contributed by atoms with Gasteiger partial charge in [-0.3, -0.25) is 0 Å². The van der Waals surface area contributed by atoms with E-state index in [2.05, 4.69) is 16.0 Å². The molecule has 0 bridgehead atoms. The van der Waals surface area contributed by atoms with Gasteiger partial charge < -0.3 is 16.0 Å². The minimum absolute atomic E-state index is 0.0388. The molecule has 1 saturated heterocycles. The van der Waals surface area contributed by atoms with E-state index in [-0.39, 0.29) is 16.3 Å². The highest BCUT2D eigenvalue weighted by Crippen LogP contribution is 2.30. The van der Waals surface area contributed by atoms with Gasteiger partial charge in [0.1, 0.15) is 0 Å². The molecule has 30 heavy (non-hydrogen) atoms. The third-order valence-electron chi connectivity index (χ3n) is 4.59. The van der Waals surface area contributed by atoms with E-state index in [9.17, 15) is 26.4 Å². The molecule has 0 aliphatic carbocycles. The van der Waals surface area contributed by atoms with Crippen LogP contribution in [-0.4, -0.2) is 44.9 Å². The summed E-state index contributed by atoms with van der Waals surface area (Å²) in [5.74, 6) is 0. The fourth-order valence-corrected chi connectivity index (χ4v) is 4.74. The maximum atomic E-state index is 12.9. The molecule has 0 radical (unpaired) electrons. The van der Waals surface area contributed by atoms with Crippen molar-refractivity contribution in [2.24, 2.45) is 0 Å². The van der Waals surface area contributed by atoms with Crippen LogP contribution in [0.1, 0.15) is 11.1 Å². The van der Waals surface area contributed by atoms with Gasteiger partial charge in [0.15, 0.2) is 0 Å². The average Bonchev–Trinajstić information content (AvgIpc) is 2.69. The van der Waals surface area contributed by atoms with Crippen LogP contribution in [0.5, 0.6) is 0 Å². The number of halogens is 3. The number of sulfonamides is 1. The van der Waals surface area contributed by atoms with Crippen LogP contribution in [0.2, 0.25) is 0 Å². The third-order valence-corrected chi connectivity index (χ3v) is 6.63. The van der Waals surface area contributed by atoms with Crippen molar-refractivity contribution in [2.75, 3.05) is 36.8 Å². The Labute approximate surface area is 172 Å². The molecule has 0 unspecified atom stereocenters. The summed E-state index contributed by atoms with van der Waals surface area (Å²) in [5, 5.41) is 7.87. The predicted octanol–water partition coefficient (Wildman–Crippen LogP) is 3.25. The van der Waals surface area contributed by atoms with Crippen molar-refractivity contribution >= 4 is 27.4 Å². The molecule has 7 nitrogen and oxygen atoms in total. The van der Waals surface area contributed by atoms with Gasteiger partial charge in [-0.25, -0.2) is 13.2 Å². The average molecular weight is 442 g/mol. The number of benzene rings is 2. The number of hydrogen-bond donors (Lipinski definition) is 3. The number of anilines is 2. The molecule has 2 aromatic rings. The minimum Gasteiger partial charge on any atom is -0.314 e. The molecule has 1 aliphatic heterocycles. The zero-order valence-electron chi connectivity index (χ0n) is 16.1.